The Labute approximate surface area is 121 Å². The van der Waals surface area contributed by atoms with Gasteiger partial charge in [0.25, 0.3) is 0 Å². The molecule has 1 unspecified atom stereocenters. The maximum Gasteiger partial charge on any atom is 0.230 e. The summed E-state index contributed by atoms with van der Waals surface area (Å²) >= 11 is 0. The number of carbonyl (C=O) groups is 1. The van der Waals surface area contributed by atoms with Gasteiger partial charge in [0.15, 0.2) is 0 Å². The molecule has 0 spiro atoms. The molecule has 2 N–H and O–H groups in total. The van der Waals surface area contributed by atoms with Crippen molar-refractivity contribution in [1.82, 2.24) is 4.90 Å². The van der Waals surface area contributed by atoms with Crippen molar-refractivity contribution in [3.8, 4) is 0 Å². The fourth-order valence-corrected chi connectivity index (χ4v) is 3.68. The van der Waals surface area contributed by atoms with Crippen LogP contribution in [-0.2, 0) is 11.2 Å². The first-order valence-electron chi connectivity index (χ1n) is 7.89. The molecule has 3 heteroatoms. The molecule has 1 fully saturated rings. The van der Waals surface area contributed by atoms with Gasteiger partial charge in [-0.25, -0.2) is 0 Å². The van der Waals surface area contributed by atoms with Crippen molar-refractivity contribution < 1.29 is 4.79 Å². The third-order valence-corrected chi connectivity index (χ3v) is 4.82. The third-order valence-electron chi connectivity index (χ3n) is 4.82. The predicted octanol–water partition coefficient (Wildman–Crippen LogP) is 2.45. The van der Waals surface area contributed by atoms with Crippen LogP contribution in [0.2, 0.25) is 0 Å². The summed E-state index contributed by atoms with van der Waals surface area (Å²) in [5.74, 6) is 0.390. The molecule has 2 aliphatic carbocycles. The Bertz CT molecular complexity index is 480. The molecule has 108 valence electrons. The number of benzene rings is 1. The SMILES string of the molecule is NCCN(C(=O)C1Cc2ccccc21)C1CCCCC1. The lowest BCUT2D eigenvalue weighted by atomic mass is 9.76. The van der Waals surface area contributed by atoms with Crippen LogP contribution < -0.4 is 5.73 Å². The van der Waals surface area contributed by atoms with E-state index in [1.807, 2.05) is 6.07 Å². The Hall–Kier alpha value is -1.35. The van der Waals surface area contributed by atoms with E-state index >= 15 is 0 Å². The van der Waals surface area contributed by atoms with E-state index in [0.717, 1.165) is 19.3 Å². The molecule has 20 heavy (non-hydrogen) atoms. The number of nitrogens with zero attached hydrogens (tertiary/aromatic N) is 1. The maximum absolute atomic E-state index is 12.8. The lowest BCUT2D eigenvalue weighted by Crippen LogP contribution is -2.48. The Morgan fingerprint density at radius 1 is 1.20 bits per heavy atom. The zero-order chi connectivity index (χ0) is 13.9. The van der Waals surface area contributed by atoms with Crippen molar-refractivity contribution in [2.45, 2.75) is 50.5 Å². The Morgan fingerprint density at radius 2 is 1.95 bits per heavy atom. The maximum atomic E-state index is 12.8. The van der Waals surface area contributed by atoms with Crippen molar-refractivity contribution in [3.63, 3.8) is 0 Å². The standard InChI is InChI=1S/C17H24N2O/c18-10-11-19(14-7-2-1-3-8-14)17(20)16-12-13-6-4-5-9-15(13)16/h4-6,9,14,16H,1-3,7-8,10-12,18H2. The van der Waals surface area contributed by atoms with Gasteiger partial charge in [0.1, 0.15) is 0 Å². The molecule has 2 aliphatic rings. The van der Waals surface area contributed by atoms with E-state index in [4.69, 9.17) is 5.73 Å². The number of rotatable bonds is 4. The largest absolute Gasteiger partial charge is 0.338 e. The number of nitrogens with two attached hydrogens (primary N) is 1. The summed E-state index contributed by atoms with van der Waals surface area (Å²) in [5.41, 5.74) is 8.30. The minimum Gasteiger partial charge on any atom is -0.338 e. The van der Waals surface area contributed by atoms with Crippen molar-refractivity contribution in [2.75, 3.05) is 13.1 Å². The summed E-state index contributed by atoms with van der Waals surface area (Å²) in [5, 5.41) is 0. The van der Waals surface area contributed by atoms with Gasteiger partial charge in [-0.1, -0.05) is 43.5 Å². The van der Waals surface area contributed by atoms with Gasteiger partial charge in [-0.05, 0) is 30.4 Å². The predicted molar refractivity (Wildman–Crippen MR) is 80.5 cm³/mol. The fourth-order valence-electron chi connectivity index (χ4n) is 3.68. The summed E-state index contributed by atoms with van der Waals surface area (Å²) in [6.07, 6.45) is 7.02. The van der Waals surface area contributed by atoms with Crippen LogP contribution in [0, 0.1) is 0 Å². The summed E-state index contributed by atoms with van der Waals surface area (Å²) in [4.78, 5) is 14.9. The van der Waals surface area contributed by atoms with Crippen molar-refractivity contribution in [2.24, 2.45) is 5.73 Å². The van der Waals surface area contributed by atoms with Crippen LogP contribution in [0.1, 0.15) is 49.1 Å². The smallest absolute Gasteiger partial charge is 0.230 e. The highest BCUT2D eigenvalue weighted by atomic mass is 16.2. The van der Waals surface area contributed by atoms with Crippen molar-refractivity contribution in [1.29, 1.82) is 0 Å². The molecule has 1 aromatic rings. The quantitative estimate of drug-likeness (QED) is 0.915. The topological polar surface area (TPSA) is 46.3 Å². The highest BCUT2D eigenvalue weighted by molar-refractivity contribution is 5.87. The van der Waals surface area contributed by atoms with Crippen LogP contribution >= 0.6 is 0 Å². The second-order valence-electron chi connectivity index (χ2n) is 6.07. The van der Waals surface area contributed by atoms with Crippen LogP contribution in [0.4, 0.5) is 0 Å². The summed E-state index contributed by atoms with van der Waals surface area (Å²) in [6.45, 7) is 1.28. The van der Waals surface area contributed by atoms with Crippen LogP contribution in [0.3, 0.4) is 0 Å². The van der Waals surface area contributed by atoms with Gasteiger partial charge < -0.3 is 10.6 Å². The first kappa shape index (κ1) is 13.6. The average Bonchev–Trinajstić information content (AvgIpc) is 2.47. The van der Waals surface area contributed by atoms with Gasteiger partial charge in [-0.15, -0.1) is 0 Å². The highest BCUT2D eigenvalue weighted by Crippen LogP contribution is 2.37. The van der Waals surface area contributed by atoms with Gasteiger partial charge in [-0.3, -0.25) is 4.79 Å². The monoisotopic (exact) mass is 272 g/mol. The van der Waals surface area contributed by atoms with E-state index in [2.05, 4.69) is 23.1 Å². The summed E-state index contributed by atoms with van der Waals surface area (Å²) in [6, 6.07) is 8.74. The minimum absolute atomic E-state index is 0.0830. The second-order valence-corrected chi connectivity index (χ2v) is 6.07. The van der Waals surface area contributed by atoms with Gasteiger partial charge >= 0.3 is 0 Å². The van der Waals surface area contributed by atoms with Gasteiger partial charge in [0.2, 0.25) is 5.91 Å². The molecule has 0 saturated heterocycles. The van der Waals surface area contributed by atoms with E-state index in [-0.39, 0.29) is 5.92 Å². The lowest BCUT2D eigenvalue weighted by Gasteiger charge is -2.39. The number of fused-ring (bicyclic) bond motifs is 1. The Morgan fingerprint density at radius 3 is 2.65 bits per heavy atom. The van der Waals surface area contributed by atoms with Gasteiger partial charge in [0, 0.05) is 19.1 Å². The molecule has 0 bridgehead atoms. The third kappa shape index (κ3) is 2.47. The molecule has 0 radical (unpaired) electrons. The van der Waals surface area contributed by atoms with Crippen LogP contribution in [0.25, 0.3) is 0 Å². The molecule has 1 atom stereocenters. The fraction of sp³-hybridized carbons (Fsp3) is 0.588. The average molecular weight is 272 g/mol. The molecule has 0 heterocycles. The molecule has 1 aromatic carbocycles. The van der Waals surface area contributed by atoms with Gasteiger partial charge in [0.05, 0.1) is 5.92 Å². The number of hydrogen-bond acceptors (Lipinski definition) is 2. The molecule has 1 amide bonds. The molecule has 0 aromatic heterocycles. The molecule has 0 aliphatic heterocycles. The molecular weight excluding hydrogens is 248 g/mol. The van der Waals surface area contributed by atoms with Crippen LogP contribution in [0.5, 0.6) is 0 Å². The Balaban J connectivity index is 1.73. The number of amides is 1. The van der Waals surface area contributed by atoms with Crippen molar-refractivity contribution >= 4 is 5.91 Å². The van der Waals surface area contributed by atoms with Crippen LogP contribution in [0.15, 0.2) is 24.3 Å². The molecule has 1 saturated carbocycles. The normalized spacial score (nSPS) is 21.9. The second kappa shape index (κ2) is 5.96. The zero-order valence-corrected chi connectivity index (χ0v) is 12.1. The van der Waals surface area contributed by atoms with E-state index in [1.165, 1.54) is 30.4 Å². The first-order valence-corrected chi connectivity index (χ1v) is 7.89. The molecular formula is C17H24N2O. The Kier molecular flexibility index (Phi) is 4.06. The van der Waals surface area contributed by atoms with E-state index in [9.17, 15) is 4.79 Å². The zero-order valence-electron chi connectivity index (χ0n) is 12.1. The van der Waals surface area contributed by atoms with E-state index < -0.39 is 0 Å². The van der Waals surface area contributed by atoms with Crippen molar-refractivity contribution in [3.05, 3.63) is 35.4 Å². The lowest BCUT2D eigenvalue weighted by molar-refractivity contribution is -0.136. The number of carbonyl (C=O) groups excluding carboxylic acids is 1. The molecule has 3 nitrogen and oxygen atoms in total. The summed E-state index contributed by atoms with van der Waals surface area (Å²) < 4.78 is 0. The first-order chi connectivity index (χ1) is 9.81. The molecule has 3 rings (SSSR count). The van der Waals surface area contributed by atoms with Crippen LogP contribution in [-0.4, -0.2) is 29.9 Å². The summed E-state index contributed by atoms with van der Waals surface area (Å²) in [7, 11) is 0. The highest BCUT2D eigenvalue weighted by Gasteiger charge is 2.36. The van der Waals surface area contributed by atoms with E-state index in [0.29, 0.717) is 25.0 Å². The van der Waals surface area contributed by atoms with E-state index in [1.54, 1.807) is 0 Å². The minimum atomic E-state index is 0.0830. The van der Waals surface area contributed by atoms with Gasteiger partial charge in [-0.2, -0.15) is 0 Å². The number of hydrogen-bond donors (Lipinski definition) is 1.